The Balaban J connectivity index is 3.32. The number of halogens is 1. The van der Waals surface area contributed by atoms with Crippen LogP contribution in [0, 0.1) is 0 Å². The molecule has 4 heteroatoms. The average molecular weight is 171 g/mol. The molecule has 0 aromatic rings. The van der Waals surface area contributed by atoms with Crippen LogP contribution < -0.4 is 0 Å². The fourth-order valence-corrected chi connectivity index (χ4v) is 1.31. The highest BCUT2D eigenvalue weighted by molar-refractivity contribution is 7.99. The van der Waals surface area contributed by atoms with E-state index in [2.05, 4.69) is 12.6 Å². The molecular formula is C4H7ClOS2. The molecule has 1 nitrogen and oxygen atoms in total. The normalized spacial score (nSPS) is 13.4. The maximum Gasteiger partial charge on any atom is 0.235 e. The Labute approximate surface area is 63.6 Å². The van der Waals surface area contributed by atoms with E-state index in [1.54, 1.807) is 11.8 Å². The SMILES string of the molecule is CSCC(S)C(=O)Cl. The third kappa shape index (κ3) is 3.64. The Kier molecular flexibility index (Phi) is 4.90. The highest BCUT2D eigenvalue weighted by Crippen LogP contribution is 2.06. The molecule has 0 aromatic heterocycles. The van der Waals surface area contributed by atoms with Crippen molar-refractivity contribution in [2.45, 2.75) is 5.25 Å². The second kappa shape index (κ2) is 4.53. The van der Waals surface area contributed by atoms with Gasteiger partial charge < -0.3 is 0 Å². The first-order valence-electron chi connectivity index (χ1n) is 2.05. The Bertz CT molecular complexity index is 86.1. The van der Waals surface area contributed by atoms with Gasteiger partial charge in [-0.15, -0.1) is 0 Å². The van der Waals surface area contributed by atoms with Crippen LogP contribution in [0.15, 0.2) is 0 Å². The summed E-state index contributed by atoms with van der Waals surface area (Å²) in [4.78, 5) is 10.2. The predicted molar refractivity (Wildman–Crippen MR) is 42.0 cm³/mol. The number of hydrogen-bond donors (Lipinski definition) is 1. The van der Waals surface area contributed by atoms with Gasteiger partial charge in [0.05, 0.1) is 5.25 Å². The molecule has 0 bridgehead atoms. The molecule has 0 aliphatic rings. The lowest BCUT2D eigenvalue weighted by Crippen LogP contribution is -2.09. The third-order valence-electron chi connectivity index (χ3n) is 0.587. The molecule has 0 spiro atoms. The number of thioether (sulfide) groups is 1. The predicted octanol–water partition coefficient (Wildman–Crippen LogP) is 1.41. The number of carbonyl (C=O) groups excluding carboxylic acids is 1. The van der Waals surface area contributed by atoms with Crippen molar-refractivity contribution in [1.29, 1.82) is 0 Å². The Morgan fingerprint density at radius 1 is 2.00 bits per heavy atom. The van der Waals surface area contributed by atoms with E-state index in [-0.39, 0.29) is 10.5 Å². The quantitative estimate of drug-likeness (QED) is 0.510. The maximum absolute atomic E-state index is 10.2. The van der Waals surface area contributed by atoms with Crippen molar-refractivity contribution in [2.75, 3.05) is 12.0 Å². The summed E-state index contributed by atoms with van der Waals surface area (Å²) < 4.78 is 0. The van der Waals surface area contributed by atoms with Gasteiger partial charge >= 0.3 is 0 Å². The number of hydrogen-bond acceptors (Lipinski definition) is 3. The van der Waals surface area contributed by atoms with Crippen molar-refractivity contribution in [3.05, 3.63) is 0 Å². The van der Waals surface area contributed by atoms with E-state index in [4.69, 9.17) is 11.6 Å². The lowest BCUT2D eigenvalue weighted by atomic mass is 10.5. The van der Waals surface area contributed by atoms with Gasteiger partial charge in [-0.25, -0.2) is 0 Å². The molecule has 0 aliphatic carbocycles. The fraction of sp³-hybridized carbons (Fsp3) is 0.750. The summed E-state index contributed by atoms with van der Waals surface area (Å²) in [5.41, 5.74) is 0. The zero-order chi connectivity index (χ0) is 6.57. The second-order valence-corrected chi connectivity index (χ2v) is 3.18. The molecule has 1 atom stereocenters. The lowest BCUT2D eigenvalue weighted by molar-refractivity contribution is -0.110. The first kappa shape index (κ1) is 8.66. The van der Waals surface area contributed by atoms with Crippen LogP contribution in [0.1, 0.15) is 0 Å². The highest BCUT2D eigenvalue weighted by atomic mass is 35.5. The number of carbonyl (C=O) groups is 1. The van der Waals surface area contributed by atoms with Crippen LogP contribution in [0.25, 0.3) is 0 Å². The zero-order valence-electron chi connectivity index (χ0n) is 4.43. The lowest BCUT2D eigenvalue weighted by Gasteiger charge is -1.98. The topological polar surface area (TPSA) is 17.1 Å². The summed E-state index contributed by atoms with van der Waals surface area (Å²) in [5, 5.41) is -0.672. The average Bonchev–Trinajstić information content (AvgIpc) is 1.67. The Morgan fingerprint density at radius 2 is 2.50 bits per heavy atom. The van der Waals surface area contributed by atoms with Gasteiger partial charge in [-0.1, -0.05) is 0 Å². The third-order valence-corrected chi connectivity index (χ3v) is 2.33. The summed E-state index contributed by atoms with van der Waals surface area (Å²) in [6.45, 7) is 0. The van der Waals surface area contributed by atoms with Gasteiger partial charge in [-0.3, -0.25) is 4.79 Å². The molecule has 0 saturated heterocycles. The van der Waals surface area contributed by atoms with Crippen LogP contribution in [-0.4, -0.2) is 22.5 Å². The van der Waals surface area contributed by atoms with E-state index in [9.17, 15) is 4.79 Å². The molecule has 0 heterocycles. The minimum Gasteiger partial charge on any atom is -0.280 e. The molecular weight excluding hydrogens is 164 g/mol. The Morgan fingerprint density at radius 3 is 2.62 bits per heavy atom. The molecule has 0 saturated carbocycles. The molecule has 8 heavy (non-hydrogen) atoms. The van der Waals surface area contributed by atoms with Crippen molar-refractivity contribution >= 4 is 41.2 Å². The molecule has 0 radical (unpaired) electrons. The monoisotopic (exact) mass is 170 g/mol. The zero-order valence-corrected chi connectivity index (χ0v) is 6.89. The molecule has 0 aromatic carbocycles. The van der Waals surface area contributed by atoms with E-state index in [0.717, 1.165) is 0 Å². The summed E-state index contributed by atoms with van der Waals surface area (Å²) in [6.07, 6.45) is 1.91. The van der Waals surface area contributed by atoms with Gasteiger partial charge in [0.1, 0.15) is 0 Å². The van der Waals surface area contributed by atoms with E-state index < -0.39 is 0 Å². The molecule has 0 amide bonds. The van der Waals surface area contributed by atoms with Crippen LogP contribution in [0.4, 0.5) is 0 Å². The van der Waals surface area contributed by atoms with Crippen molar-refractivity contribution in [2.24, 2.45) is 0 Å². The van der Waals surface area contributed by atoms with Gasteiger partial charge in [0.2, 0.25) is 5.24 Å². The van der Waals surface area contributed by atoms with Crippen LogP contribution in [0.5, 0.6) is 0 Å². The second-order valence-electron chi connectivity index (χ2n) is 1.28. The summed E-state index contributed by atoms with van der Waals surface area (Å²) in [7, 11) is 0. The van der Waals surface area contributed by atoms with Crippen LogP contribution in [0.2, 0.25) is 0 Å². The number of rotatable bonds is 3. The molecule has 1 unspecified atom stereocenters. The molecule has 0 rings (SSSR count). The molecule has 48 valence electrons. The molecule has 0 aliphatic heterocycles. The minimum atomic E-state index is -0.373. The fourth-order valence-electron chi connectivity index (χ4n) is 0.223. The van der Waals surface area contributed by atoms with E-state index in [0.29, 0.717) is 5.75 Å². The molecule has 0 fully saturated rings. The van der Waals surface area contributed by atoms with Crippen molar-refractivity contribution in [3.8, 4) is 0 Å². The first-order valence-corrected chi connectivity index (χ1v) is 4.33. The highest BCUT2D eigenvalue weighted by Gasteiger charge is 2.07. The van der Waals surface area contributed by atoms with Crippen molar-refractivity contribution in [3.63, 3.8) is 0 Å². The van der Waals surface area contributed by atoms with E-state index >= 15 is 0 Å². The smallest absolute Gasteiger partial charge is 0.235 e. The Hall–Kier alpha value is 0.660. The van der Waals surface area contributed by atoms with Crippen LogP contribution in [-0.2, 0) is 4.79 Å². The minimum absolute atomic E-state index is 0.299. The largest absolute Gasteiger partial charge is 0.280 e. The maximum atomic E-state index is 10.2. The summed E-state index contributed by atoms with van der Waals surface area (Å²) in [6, 6.07) is 0. The van der Waals surface area contributed by atoms with Gasteiger partial charge in [-0.05, 0) is 17.9 Å². The van der Waals surface area contributed by atoms with E-state index in [1.165, 1.54) is 0 Å². The van der Waals surface area contributed by atoms with Gasteiger partial charge in [-0.2, -0.15) is 24.4 Å². The van der Waals surface area contributed by atoms with Crippen molar-refractivity contribution < 1.29 is 4.79 Å². The standard InChI is InChI=1S/C4H7ClOS2/c1-8-2-3(7)4(5)6/h3,7H,2H2,1H3. The van der Waals surface area contributed by atoms with Gasteiger partial charge in [0.15, 0.2) is 0 Å². The number of thiol groups is 1. The first-order chi connectivity index (χ1) is 3.68. The van der Waals surface area contributed by atoms with Gasteiger partial charge in [0.25, 0.3) is 0 Å². The van der Waals surface area contributed by atoms with Crippen LogP contribution in [0.3, 0.4) is 0 Å². The molecule has 0 N–H and O–H groups in total. The van der Waals surface area contributed by atoms with Gasteiger partial charge in [0, 0.05) is 5.75 Å². The van der Waals surface area contributed by atoms with Crippen LogP contribution >= 0.6 is 36.0 Å². The van der Waals surface area contributed by atoms with E-state index in [1.807, 2.05) is 6.26 Å². The summed E-state index contributed by atoms with van der Waals surface area (Å²) >= 11 is 10.5. The summed E-state index contributed by atoms with van der Waals surface area (Å²) in [5.74, 6) is 0.686. The van der Waals surface area contributed by atoms with Crippen molar-refractivity contribution in [1.82, 2.24) is 0 Å².